The molecule has 1 aliphatic rings. The van der Waals surface area contributed by atoms with Gasteiger partial charge < -0.3 is 9.64 Å². The molecule has 6 heteroatoms. The van der Waals surface area contributed by atoms with E-state index in [0.29, 0.717) is 19.7 Å². The Hall–Kier alpha value is -0.883. The molecule has 20 heavy (non-hydrogen) atoms. The number of ether oxygens (including phenoxy) is 1. The molecule has 0 radical (unpaired) electrons. The minimum absolute atomic E-state index is 0.200. The summed E-state index contributed by atoms with van der Waals surface area (Å²) < 4.78 is 6.34. The molecular formula is C14H21BrN2O2Si. The molecule has 0 saturated carbocycles. The number of pyridine rings is 1. The minimum atomic E-state index is -1.15. The molecule has 0 spiro atoms. The van der Waals surface area contributed by atoms with Crippen molar-refractivity contribution < 1.29 is 9.53 Å². The molecule has 0 N–H and O–H groups in total. The molecular weight excluding hydrogens is 336 g/mol. The SMILES string of the molecule is C[Si](C)(C)CCOC(=O)N1CCc2ncc(Br)cc2C1. The van der Waals surface area contributed by atoms with Gasteiger partial charge in [-0.05, 0) is 33.6 Å². The van der Waals surface area contributed by atoms with Crippen molar-refractivity contribution in [2.45, 2.75) is 38.7 Å². The van der Waals surface area contributed by atoms with Crippen molar-refractivity contribution in [2.24, 2.45) is 0 Å². The number of hydrogen-bond acceptors (Lipinski definition) is 3. The van der Waals surface area contributed by atoms with Gasteiger partial charge in [0, 0.05) is 37.4 Å². The maximum absolute atomic E-state index is 12.1. The topological polar surface area (TPSA) is 42.4 Å². The fourth-order valence-electron chi connectivity index (χ4n) is 2.09. The summed E-state index contributed by atoms with van der Waals surface area (Å²) in [5, 5.41) is 0. The first-order valence-electron chi connectivity index (χ1n) is 6.90. The Morgan fingerprint density at radius 2 is 2.25 bits per heavy atom. The molecule has 2 rings (SSSR count). The fourth-order valence-corrected chi connectivity index (χ4v) is 3.18. The number of carbonyl (C=O) groups excluding carboxylic acids is 1. The summed E-state index contributed by atoms with van der Waals surface area (Å²) in [6.45, 7) is 8.65. The second-order valence-corrected chi connectivity index (χ2v) is 12.9. The van der Waals surface area contributed by atoms with Gasteiger partial charge in [-0.3, -0.25) is 4.98 Å². The number of aromatic nitrogens is 1. The third kappa shape index (κ3) is 4.31. The number of amides is 1. The van der Waals surface area contributed by atoms with Gasteiger partial charge in [0.05, 0.1) is 13.2 Å². The van der Waals surface area contributed by atoms with Gasteiger partial charge in [0.1, 0.15) is 0 Å². The van der Waals surface area contributed by atoms with Gasteiger partial charge in [0.2, 0.25) is 0 Å². The van der Waals surface area contributed by atoms with Gasteiger partial charge in [-0.1, -0.05) is 19.6 Å². The van der Waals surface area contributed by atoms with Crippen molar-refractivity contribution in [3.8, 4) is 0 Å². The van der Waals surface area contributed by atoms with Crippen LogP contribution >= 0.6 is 15.9 Å². The first-order valence-corrected chi connectivity index (χ1v) is 11.4. The maximum atomic E-state index is 12.1. The molecule has 0 bridgehead atoms. The summed E-state index contributed by atoms with van der Waals surface area (Å²) in [5.74, 6) is 0. The molecule has 1 aliphatic heterocycles. The first-order chi connectivity index (χ1) is 9.35. The molecule has 2 heterocycles. The first kappa shape index (κ1) is 15.5. The molecule has 0 fully saturated rings. The smallest absolute Gasteiger partial charge is 0.410 e. The number of carbonyl (C=O) groups is 1. The highest BCUT2D eigenvalue weighted by molar-refractivity contribution is 9.10. The van der Waals surface area contributed by atoms with Crippen LogP contribution in [0.15, 0.2) is 16.7 Å². The van der Waals surface area contributed by atoms with Crippen LogP contribution in [0, 0.1) is 0 Å². The summed E-state index contributed by atoms with van der Waals surface area (Å²) in [6, 6.07) is 3.04. The highest BCUT2D eigenvalue weighted by Gasteiger charge is 2.23. The van der Waals surface area contributed by atoms with Crippen LogP contribution in [-0.2, 0) is 17.7 Å². The zero-order valence-electron chi connectivity index (χ0n) is 12.3. The molecule has 0 unspecified atom stereocenters. The van der Waals surface area contributed by atoms with Gasteiger partial charge >= 0.3 is 6.09 Å². The summed E-state index contributed by atoms with van der Waals surface area (Å²) in [4.78, 5) is 18.2. The third-order valence-electron chi connectivity index (χ3n) is 3.34. The van der Waals surface area contributed by atoms with Crippen molar-refractivity contribution in [3.05, 3.63) is 28.0 Å². The Labute approximate surface area is 129 Å². The van der Waals surface area contributed by atoms with Gasteiger partial charge in [0.25, 0.3) is 0 Å². The Kier molecular flexibility index (Phi) is 4.85. The molecule has 1 aromatic heterocycles. The van der Waals surface area contributed by atoms with Crippen LogP contribution in [0.25, 0.3) is 0 Å². The van der Waals surface area contributed by atoms with Crippen LogP contribution in [-0.4, -0.2) is 37.2 Å². The van der Waals surface area contributed by atoms with Gasteiger partial charge in [0.15, 0.2) is 0 Å². The third-order valence-corrected chi connectivity index (χ3v) is 5.48. The van der Waals surface area contributed by atoms with E-state index in [2.05, 4.69) is 40.6 Å². The quantitative estimate of drug-likeness (QED) is 0.775. The van der Waals surface area contributed by atoms with Crippen LogP contribution in [0.4, 0.5) is 4.79 Å². The lowest BCUT2D eigenvalue weighted by Crippen LogP contribution is -2.37. The van der Waals surface area contributed by atoms with Crippen molar-refractivity contribution in [1.82, 2.24) is 9.88 Å². The summed E-state index contributed by atoms with van der Waals surface area (Å²) in [7, 11) is -1.15. The van der Waals surface area contributed by atoms with E-state index >= 15 is 0 Å². The fraction of sp³-hybridized carbons (Fsp3) is 0.571. The summed E-state index contributed by atoms with van der Waals surface area (Å²) in [6.07, 6.45) is 2.40. The Morgan fingerprint density at radius 3 is 2.95 bits per heavy atom. The molecule has 4 nitrogen and oxygen atoms in total. The predicted molar refractivity (Wildman–Crippen MR) is 85.6 cm³/mol. The normalized spacial score (nSPS) is 14.9. The van der Waals surface area contributed by atoms with E-state index in [4.69, 9.17) is 4.74 Å². The van der Waals surface area contributed by atoms with E-state index in [-0.39, 0.29) is 6.09 Å². The average molecular weight is 357 g/mol. The molecule has 1 amide bonds. The van der Waals surface area contributed by atoms with E-state index in [0.717, 1.165) is 28.2 Å². The van der Waals surface area contributed by atoms with Crippen LogP contribution in [0.3, 0.4) is 0 Å². The monoisotopic (exact) mass is 356 g/mol. The Balaban J connectivity index is 1.90. The van der Waals surface area contributed by atoms with E-state index in [9.17, 15) is 4.79 Å². The Bertz CT molecular complexity index is 502. The van der Waals surface area contributed by atoms with Gasteiger partial charge in [-0.25, -0.2) is 4.79 Å². The highest BCUT2D eigenvalue weighted by Crippen LogP contribution is 2.21. The Morgan fingerprint density at radius 1 is 1.50 bits per heavy atom. The molecule has 110 valence electrons. The zero-order chi connectivity index (χ0) is 14.8. The lowest BCUT2D eigenvalue weighted by Gasteiger charge is -2.28. The van der Waals surface area contributed by atoms with E-state index in [1.807, 2.05) is 6.07 Å². The molecule has 1 aromatic rings. The highest BCUT2D eigenvalue weighted by atomic mass is 79.9. The number of rotatable bonds is 3. The second kappa shape index (κ2) is 6.26. The van der Waals surface area contributed by atoms with Crippen LogP contribution in [0.5, 0.6) is 0 Å². The summed E-state index contributed by atoms with van der Waals surface area (Å²) >= 11 is 3.42. The lowest BCUT2D eigenvalue weighted by molar-refractivity contribution is 0.102. The van der Waals surface area contributed by atoms with Crippen molar-refractivity contribution in [3.63, 3.8) is 0 Å². The van der Waals surface area contributed by atoms with Crippen molar-refractivity contribution >= 4 is 30.1 Å². The largest absolute Gasteiger partial charge is 0.450 e. The number of nitrogens with zero attached hydrogens (tertiary/aromatic N) is 2. The molecule has 0 saturated heterocycles. The van der Waals surface area contributed by atoms with Gasteiger partial charge in [-0.2, -0.15) is 0 Å². The van der Waals surface area contributed by atoms with E-state index in [1.165, 1.54) is 0 Å². The van der Waals surface area contributed by atoms with Crippen molar-refractivity contribution in [2.75, 3.05) is 13.2 Å². The number of hydrogen-bond donors (Lipinski definition) is 0. The van der Waals surface area contributed by atoms with Gasteiger partial charge in [-0.15, -0.1) is 0 Å². The van der Waals surface area contributed by atoms with Crippen LogP contribution < -0.4 is 0 Å². The van der Waals surface area contributed by atoms with Crippen LogP contribution in [0.1, 0.15) is 11.3 Å². The summed E-state index contributed by atoms with van der Waals surface area (Å²) in [5.41, 5.74) is 2.19. The predicted octanol–water partition coefficient (Wildman–Crippen LogP) is 3.68. The maximum Gasteiger partial charge on any atom is 0.410 e. The average Bonchev–Trinajstić information content (AvgIpc) is 2.36. The van der Waals surface area contributed by atoms with E-state index < -0.39 is 8.07 Å². The molecule has 0 atom stereocenters. The molecule has 0 aromatic carbocycles. The second-order valence-electron chi connectivity index (χ2n) is 6.36. The van der Waals surface area contributed by atoms with Crippen molar-refractivity contribution in [1.29, 1.82) is 0 Å². The lowest BCUT2D eigenvalue weighted by atomic mass is 10.1. The van der Waals surface area contributed by atoms with Crippen LogP contribution in [0.2, 0.25) is 25.7 Å². The molecule has 0 aliphatic carbocycles. The number of fused-ring (bicyclic) bond motifs is 1. The zero-order valence-corrected chi connectivity index (χ0v) is 14.9. The standard InChI is InChI=1S/C14H21BrN2O2Si/c1-20(2,3)7-6-19-14(18)17-5-4-13-11(10-17)8-12(15)9-16-13/h8-9H,4-7,10H2,1-3H3. The number of halogens is 1. The minimum Gasteiger partial charge on any atom is -0.450 e. The van der Waals surface area contributed by atoms with E-state index in [1.54, 1.807) is 11.1 Å².